The standard InChI is InChI=1S/C14H24N4O2/c1-4-11(3)9-17(5-2)10-12-6-7-14(18(19)20)13(8-12)16-15/h6-8,11,16H,4-5,9-10,15H2,1-3H3. The third-order valence-electron chi connectivity index (χ3n) is 3.53. The molecular weight excluding hydrogens is 256 g/mol. The first-order valence-corrected chi connectivity index (χ1v) is 6.98. The lowest BCUT2D eigenvalue weighted by atomic mass is 10.1. The average Bonchev–Trinajstić information content (AvgIpc) is 2.45. The number of rotatable bonds is 8. The number of nitro benzene ring substituents is 1. The molecule has 0 aliphatic rings. The van der Waals surface area contributed by atoms with Crippen molar-refractivity contribution < 1.29 is 4.92 Å². The van der Waals surface area contributed by atoms with Crippen molar-refractivity contribution in [1.82, 2.24) is 4.90 Å². The van der Waals surface area contributed by atoms with Crippen molar-refractivity contribution in [1.29, 1.82) is 0 Å². The molecule has 1 rings (SSSR count). The number of nitrogens with two attached hydrogens (primary N) is 1. The van der Waals surface area contributed by atoms with Crippen molar-refractivity contribution in [3.63, 3.8) is 0 Å². The fourth-order valence-corrected chi connectivity index (χ4v) is 2.09. The number of benzene rings is 1. The molecule has 0 aromatic heterocycles. The molecule has 0 bridgehead atoms. The molecule has 1 atom stereocenters. The monoisotopic (exact) mass is 280 g/mol. The summed E-state index contributed by atoms with van der Waals surface area (Å²) in [6, 6.07) is 5.04. The number of nitro groups is 1. The molecular formula is C14H24N4O2. The van der Waals surface area contributed by atoms with Gasteiger partial charge in [-0.05, 0) is 24.1 Å². The van der Waals surface area contributed by atoms with Crippen LogP contribution in [0.2, 0.25) is 0 Å². The Kier molecular flexibility index (Phi) is 6.41. The number of hydrogen-bond acceptors (Lipinski definition) is 5. The van der Waals surface area contributed by atoms with E-state index >= 15 is 0 Å². The van der Waals surface area contributed by atoms with Crippen LogP contribution in [0.5, 0.6) is 0 Å². The quantitative estimate of drug-likeness (QED) is 0.434. The van der Waals surface area contributed by atoms with Gasteiger partial charge in [-0.2, -0.15) is 0 Å². The fourth-order valence-electron chi connectivity index (χ4n) is 2.09. The predicted molar refractivity (Wildman–Crippen MR) is 81.3 cm³/mol. The van der Waals surface area contributed by atoms with Crippen LogP contribution in [-0.4, -0.2) is 22.9 Å². The smallest absolute Gasteiger partial charge is 0.293 e. The molecule has 0 saturated heterocycles. The maximum absolute atomic E-state index is 10.9. The molecule has 3 N–H and O–H groups in total. The largest absolute Gasteiger partial charge is 0.318 e. The Bertz CT molecular complexity index is 451. The first-order chi connectivity index (χ1) is 9.51. The van der Waals surface area contributed by atoms with Gasteiger partial charge >= 0.3 is 0 Å². The van der Waals surface area contributed by atoms with E-state index in [0.717, 1.165) is 31.6 Å². The van der Waals surface area contributed by atoms with Crippen LogP contribution < -0.4 is 11.3 Å². The van der Waals surface area contributed by atoms with E-state index in [0.29, 0.717) is 11.6 Å². The zero-order valence-electron chi connectivity index (χ0n) is 12.4. The van der Waals surface area contributed by atoms with E-state index in [-0.39, 0.29) is 5.69 Å². The van der Waals surface area contributed by atoms with Gasteiger partial charge in [-0.15, -0.1) is 0 Å². The van der Waals surface area contributed by atoms with Gasteiger partial charge in [0.25, 0.3) is 5.69 Å². The van der Waals surface area contributed by atoms with Crippen molar-refractivity contribution in [3.05, 3.63) is 33.9 Å². The van der Waals surface area contributed by atoms with Crippen LogP contribution in [-0.2, 0) is 6.54 Å². The second-order valence-electron chi connectivity index (χ2n) is 5.09. The van der Waals surface area contributed by atoms with E-state index in [2.05, 4.69) is 31.1 Å². The van der Waals surface area contributed by atoms with Crippen molar-refractivity contribution in [2.24, 2.45) is 11.8 Å². The highest BCUT2D eigenvalue weighted by molar-refractivity contribution is 5.62. The number of hydrazine groups is 1. The third-order valence-corrected chi connectivity index (χ3v) is 3.53. The summed E-state index contributed by atoms with van der Waals surface area (Å²) in [5.74, 6) is 5.99. The minimum absolute atomic E-state index is 0.00113. The lowest BCUT2D eigenvalue weighted by Crippen LogP contribution is -2.27. The summed E-state index contributed by atoms with van der Waals surface area (Å²) >= 11 is 0. The molecule has 6 nitrogen and oxygen atoms in total. The SMILES string of the molecule is CCC(C)CN(CC)Cc1ccc([N+](=O)[O-])c(NN)c1. The fraction of sp³-hybridized carbons (Fsp3) is 0.571. The highest BCUT2D eigenvalue weighted by Crippen LogP contribution is 2.25. The molecule has 6 heteroatoms. The number of nitrogens with one attached hydrogen (secondary N) is 1. The van der Waals surface area contributed by atoms with Gasteiger partial charge in [0, 0.05) is 19.2 Å². The summed E-state index contributed by atoms with van der Waals surface area (Å²) in [4.78, 5) is 12.7. The minimum atomic E-state index is -0.435. The molecule has 1 unspecified atom stereocenters. The van der Waals surface area contributed by atoms with Crippen LogP contribution in [0.15, 0.2) is 18.2 Å². The molecule has 0 aliphatic heterocycles. The Hall–Kier alpha value is -1.66. The van der Waals surface area contributed by atoms with Crippen LogP contribution in [0.1, 0.15) is 32.8 Å². The molecule has 1 aromatic carbocycles. The minimum Gasteiger partial charge on any atom is -0.318 e. The Morgan fingerprint density at radius 2 is 2.15 bits per heavy atom. The third kappa shape index (κ3) is 4.47. The van der Waals surface area contributed by atoms with E-state index in [1.165, 1.54) is 6.07 Å². The first kappa shape index (κ1) is 16.4. The summed E-state index contributed by atoms with van der Waals surface area (Å²) < 4.78 is 0. The zero-order chi connectivity index (χ0) is 15.1. The molecule has 0 spiro atoms. The summed E-state index contributed by atoms with van der Waals surface area (Å²) in [5, 5.41) is 10.9. The summed E-state index contributed by atoms with van der Waals surface area (Å²) in [5.41, 5.74) is 3.78. The van der Waals surface area contributed by atoms with Gasteiger partial charge in [-0.3, -0.25) is 20.9 Å². The van der Waals surface area contributed by atoms with E-state index in [1.54, 1.807) is 12.1 Å². The van der Waals surface area contributed by atoms with Crippen LogP contribution in [0.4, 0.5) is 11.4 Å². The van der Waals surface area contributed by atoms with Crippen LogP contribution in [0.3, 0.4) is 0 Å². The topological polar surface area (TPSA) is 84.4 Å². The van der Waals surface area contributed by atoms with Gasteiger partial charge in [0.1, 0.15) is 5.69 Å². The lowest BCUT2D eigenvalue weighted by molar-refractivity contribution is -0.384. The normalized spacial score (nSPS) is 12.4. The Balaban J connectivity index is 2.83. The second-order valence-corrected chi connectivity index (χ2v) is 5.09. The van der Waals surface area contributed by atoms with Gasteiger partial charge in [0.15, 0.2) is 0 Å². The van der Waals surface area contributed by atoms with Crippen molar-refractivity contribution in [3.8, 4) is 0 Å². The molecule has 0 amide bonds. The van der Waals surface area contributed by atoms with E-state index in [9.17, 15) is 10.1 Å². The maximum atomic E-state index is 10.9. The van der Waals surface area contributed by atoms with Crippen LogP contribution in [0.25, 0.3) is 0 Å². The summed E-state index contributed by atoms with van der Waals surface area (Å²) in [6.07, 6.45) is 1.15. The predicted octanol–water partition coefficient (Wildman–Crippen LogP) is 2.75. The van der Waals surface area contributed by atoms with Crippen molar-refractivity contribution in [2.45, 2.75) is 33.7 Å². The van der Waals surface area contributed by atoms with Gasteiger partial charge < -0.3 is 5.43 Å². The average molecular weight is 280 g/mol. The zero-order valence-corrected chi connectivity index (χ0v) is 12.4. The van der Waals surface area contributed by atoms with E-state index in [1.807, 2.05) is 0 Å². The second kappa shape index (κ2) is 7.81. The highest BCUT2D eigenvalue weighted by Gasteiger charge is 2.14. The van der Waals surface area contributed by atoms with Crippen molar-refractivity contribution >= 4 is 11.4 Å². The maximum Gasteiger partial charge on any atom is 0.293 e. The van der Waals surface area contributed by atoms with Crippen LogP contribution in [0, 0.1) is 16.0 Å². The molecule has 20 heavy (non-hydrogen) atoms. The first-order valence-electron chi connectivity index (χ1n) is 6.98. The number of nitrogen functional groups attached to an aromatic ring is 1. The van der Waals surface area contributed by atoms with E-state index < -0.39 is 4.92 Å². The molecule has 0 aliphatic carbocycles. The lowest BCUT2D eigenvalue weighted by Gasteiger charge is -2.24. The van der Waals surface area contributed by atoms with Crippen LogP contribution >= 0.6 is 0 Å². The highest BCUT2D eigenvalue weighted by atomic mass is 16.6. The number of hydrogen-bond donors (Lipinski definition) is 2. The Morgan fingerprint density at radius 1 is 1.45 bits per heavy atom. The van der Waals surface area contributed by atoms with Gasteiger partial charge in [0.05, 0.1) is 4.92 Å². The van der Waals surface area contributed by atoms with Gasteiger partial charge in [0.2, 0.25) is 0 Å². The molecule has 1 aromatic rings. The summed E-state index contributed by atoms with van der Waals surface area (Å²) in [7, 11) is 0. The Labute approximate surface area is 120 Å². The molecule has 0 heterocycles. The van der Waals surface area contributed by atoms with Gasteiger partial charge in [-0.1, -0.05) is 33.3 Å². The number of nitrogens with zero attached hydrogens (tertiary/aromatic N) is 2. The van der Waals surface area contributed by atoms with E-state index in [4.69, 9.17) is 5.84 Å². The molecule has 0 radical (unpaired) electrons. The Morgan fingerprint density at radius 3 is 2.65 bits per heavy atom. The molecule has 112 valence electrons. The van der Waals surface area contributed by atoms with Gasteiger partial charge in [-0.25, -0.2) is 0 Å². The number of anilines is 1. The molecule has 0 saturated carbocycles. The molecule has 0 fully saturated rings. The van der Waals surface area contributed by atoms with Crippen molar-refractivity contribution in [2.75, 3.05) is 18.5 Å². The summed E-state index contributed by atoms with van der Waals surface area (Å²) in [6.45, 7) is 9.28.